The molecule has 5 heteroatoms. The molecule has 0 fully saturated rings. The van der Waals surface area contributed by atoms with Crippen molar-refractivity contribution in [2.45, 2.75) is 25.0 Å². The molecule has 2 atom stereocenters. The molecule has 0 amide bonds. The average molecular weight is 445 g/mol. The fourth-order valence-electron chi connectivity index (χ4n) is 5.02. The third-order valence-corrected chi connectivity index (χ3v) is 6.63. The molecule has 3 aromatic heterocycles. The van der Waals surface area contributed by atoms with E-state index in [1.54, 1.807) is 24.8 Å². The van der Waals surface area contributed by atoms with Crippen molar-refractivity contribution in [3.8, 4) is 22.5 Å². The Kier molecular flexibility index (Phi) is 5.24. The topological polar surface area (TPSA) is 63.8 Å². The maximum absolute atomic E-state index is 11.7. The Balaban J connectivity index is 1.62. The van der Waals surface area contributed by atoms with Crippen LogP contribution in [0.2, 0.25) is 0 Å². The third-order valence-electron chi connectivity index (χ3n) is 6.63. The van der Waals surface area contributed by atoms with Gasteiger partial charge < -0.3 is 5.11 Å². The van der Waals surface area contributed by atoms with Gasteiger partial charge in [-0.05, 0) is 53.8 Å². The number of hydrogen-bond acceptors (Lipinski definition) is 4. The van der Waals surface area contributed by atoms with E-state index in [1.165, 1.54) is 16.7 Å². The molecule has 0 radical (unpaired) electrons. The van der Waals surface area contributed by atoms with E-state index in [1.807, 2.05) is 35.0 Å². The van der Waals surface area contributed by atoms with Crippen molar-refractivity contribution >= 4 is 0 Å². The summed E-state index contributed by atoms with van der Waals surface area (Å²) in [5.41, 5.74) is 8.61. The van der Waals surface area contributed by atoms with Gasteiger partial charge in [-0.1, -0.05) is 54.6 Å². The zero-order chi connectivity index (χ0) is 22.9. The zero-order valence-electron chi connectivity index (χ0n) is 18.6. The van der Waals surface area contributed by atoms with Gasteiger partial charge in [0.15, 0.2) is 0 Å². The minimum atomic E-state index is -0.815. The van der Waals surface area contributed by atoms with Gasteiger partial charge in [-0.15, -0.1) is 0 Å². The lowest BCUT2D eigenvalue weighted by Crippen LogP contribution is -2.21. The number of benzene rings is 2. The van der Waals surface area contributed by atoms with Crippen molar-refractivity contribution < 1.29 is 5.11 Å². The van der Waals surface area contributed by atoms with Crippen LogP contribution in [0.4, 0.5) is 0 Å². The molecule has 3 heterocycles. The zero-order valence-corrected chi connectivity index (χ0v) is 18.6. The summed E-state index contributed by atoms with van der Waals surface area (Å²) in [4.78, 5) is 8.34. The minimum Gasteiger partial charge on any atom is -0.386 e. The van der Waals surface area contributed by atoms with E-state index in [0.29, 0.717) is 0 Å². The van der Waals surface area contributed by atoms with E-state index in [2.05, 4.69) is 58.5 Å². The average Bonchev–Trinajstić information content (AvgIpc) is 3.30. The summed E-state index contributed by atoms with van der Waals surface area (Å²) in [6, 6.07) is 26.1. The highest BCUT2D eigenvalue weighted by atomic mass is 16.3. The Labute approximate surface area is 198 Å². The van der Waals surface area contributed by atoms with E-state index < -0.39 is 12.1 Å². The maximum Gasteiger partial charge on any atom is 0.108 e. The molecule has 166 valence electrons. The van der Waals surface area contributed by atoms with Gasteiger partial charge >= 0.3 is 0 Å². The lowest BCUT2D eigenvalue weighted by atomic mass is 9.87. The molecule has 34 heavy (non-hydrogen) atoms. The van der Waals surface area contributed by atoms with E-state index in [9.17, 15) is 5.11 Å². The predicted molar refractivity (Wildman–Crippen MR) is 132 cm³/mol. The largest absolute Gasteiger partial charge is 0.386 e. The first-order valence-electron chi connectivity index (χ1n) is 11.5. The first kappa shape index (κ1) is 20.5. The normalized spacial score (nSPS) is 14.1. The number of hydrogen-bond donors (Lipinski definition) is 1. The minimum absolute atomic E-state index is 0.432. The quantitative estimate of drug-likeness (QED) is 0.393. The molecule has 2 unspecified atom stereocenters. The highest BCUT2D eigenvalue weighted by Gasteiger charge is 2.32. The molecule has 5 aromatic rings. The summed E-state index contributed by atoms with van der Waals surface area (Å²) in [6.07, 6.45) is 8.02. The molecule has 0 bridgehead atoms. The van der Waals surface area contributed by atoms with Gasteiger partial charge in [-0.3, -0.25) is 14.6 Å². The molecule has 0 saturated heterocycles. The molecule has 2 aromatic carbocycles. The molecule has 0 spiro atoms. The number of aliphatic hydroxyl groups excluding tert-OH is 1. The van der Waals surface area contributed by atoms with Gasteiger partial charge in [0.1, 0.15) is 12.1 Å². The number of aromatic nitrogens is 4. The van der Waals surface area contributed by atoms with E-state index >= 15 is 0 Å². The Morgan fingerprint density at radius 1 is 0.706 bits per heavy atom. The fourth-order valence-corrected chi connectivity index (χ4v) is 5.02. The molecule has 0 saturated carbocycles. The molecule has 6 rings (SSSR count). The molecule has 5 nitrogen and oxygen atoms in total. The monoisotopic (exact) mass is 444 g/mol. The van der Waals surface area contributed by atoms with Gasteiger partial charge in [-0.25, -0.2) is 0 Å². The molecule has 1 aliphatic carbocycles. The van der Waals surface area contributed by atoms with Crippen LogP contribution in [-0.2, 0) is 12.8 Å². The van der Waals surface area contributed by atoms with E-state index in [0.717, 1.165) is 40.9 Å². The number of rotatable bonds is 5. The Bertz CT molecular complexity index is 1420. The Hall–Kier alpha value is -4.09. The summed E-state index contributed by atoms with van der Waals surface area (Å²) in [5, 5.41) is 16.9. The Morgan fingerprint density at radius 2 is 1.35 bits per heavy atom. The van der Waals surface area contributed by atoms with Crippen LogP contribution in [0.25, 0.3) is 22.5 Å². The molecule has 1 aliphatic rings. The summed E-state index contributed by atoms with van der Waals surface area (Å²) >= 11 is 0. The van der Waals surface area contributed by atoms with Crippen molar-refractivity contribution in [2.75, 3.05) is 0 Å². The summed E-state index contributed by atoms with van der Waals surface area (Å²) in [6.45, 7) is 0. The van der Waals surface area contributed by atoms with Crippen molar-refractivity contribution in [2.24, 2.45) is 0 Å². The second-order valence-corrected chi connectivity index (χ2v) is 8.59. The molecular formula is C29H24N4O. The predicted octanol–water partition coefficient (Wildman–Crippen LogP) is 5.43. The van der Waals surface area contributed by atoms with E-state index in [-0.39, 0.29) is 0 Å². The smallest absolute Gasteiger partial charge is 0.108 e. The van der Waals surface area contributed by atoms with Crippen LogP contribution >= 0.6 is 0 Å². The van der Waals surface area contributed by atoms with Crippen LogP contribution in [0.3, 0.4) is 0 Å². The van der Waals surface area contributed by atoms with Crippen molar-refractivity contribution in [1.82, 2.24) is 19.7 Å². The van der Waals surface area contributed by atoms with Gasteiger partial charge in [0.2, 0.25) is 0 Å². The summed E-state index contributed by atoms with van der Waals surface area (Å²) in [7, 11) is 0. The number of nitrogens with zero attached hydrogens (tertiary/aromatic N) is 4. The second-order valence-electron chi connectivity index (χ2n) is 8.59. The van der Waals surface area contributed by atoms with Crippen LogP contribution in [-0.4, -0.2) is 24.9 Å². The molecule has 1 N–H and O–H groups in total. The van der Waals surface area contributed by atoms with Crippen LogP contribution < -0.4 is 0 Å². The Morgan fingerprint density at radius 3 is 2.09 bits per heavy atom. The van der Waals surface area contributed by atoms with Crippen molar-refractivity contribution in [3.05, 3.63) is 126 Å². The van der Waals surface area contributed by atoms with Gasteiger partial charge in [-0.2, -0.15) is 5.10 Å². The number of aryl methyl sites for hydroxylation is 1. The van der Waals surface area contributed by atoms with Crippen molar-refractivity contribution in [3.63, 3.8) is 0 Å². The van der Waals surface area contributed by atoms with Crippen LogP contribution in [0.5, 0.6) is 0 Å². The van der Waals surface area contributed by atoms with Crippen LogP contribution in [0, 0.1) is 0 Å². The first-order chi connectivity index (χ1) is 16.8. The SMILES string of the molecule is OC(c1ccncc1)C(c1ccncc1)n1nc2c(c1-c1ccccc1)CCc1ccccc1-2. The lowest BCUT2D eigenvalue weighted by molar-refractivity contribution is 0.126. The number of fused-ring (bicyclic) bond motifs is 3. The first-order valence-corrected chi connectivity index (χ1v) is 11.5. The van der Waals surface area contributed by atoms with E-state index in [4.69, 9.17) is 5.10 Å². The van der Waals surface area contributed by atoms with Gasteiger partial charge in [0.05, 0.1) is 11.4 Å². The maximum atomic E-state index is 11.7. The number of pyridine rings is 2. The van der Waals surface area contributed by atoms with Crippen molar-refractivity contribution in [1.29, 1.82) is 0 Å². The fraction of sp³-hybridized carbons (Fsp3) is 0.138. The summed E-state index contributed by atoms with van der Waals surface area (Å²) in [5.74, 6) is 0. The third kappa shape index (κ3) is 3.51. The van der Waals surface area contributed by atoms with Gasteiger partial charge in [0, 0.05) is 41.5 Å². The summed E-state index contributed by atoms with van der Waals surface area (Å²) < 4.78 is 2.03. The molecule has 0 aliphatic heterocycles. The number of aliphatic hydroxyl groups is 1. The van der Waals surface area contributed by atoms with Crippen LogP contribution in [0.1, 0.15) is 34.4 Å². The highest BCUT2D eigenvalue weighted by molar-refractivity contribution is 5.78. The highest BCUT2D eigenvalue weighted by Crippen LogP contribution is 2.43. The van der Waals surface area contributed by atoms with Crippen LogP contribution in [0.15, 0.2) is 104 Å². The second kappa shape index (κ2) is 8.69. The van der Waals surface area contributed by atoms with Gasteiger partial charge in [0.25, 0.3) is 0 Å². The standard InChI is InChI=1S/C29H24N4O/c34-29(23-14-18-31-19-15-23)28(22-12-16-30-17-13-22)33-27(21-7-2-1-3-8-21)25-11-10-20-6-4-5-9-24(20)26(25)32-33/h1-9,12-19,28-29,34H,10-11H2. The molecular weight excluding hydrogens is 420 g/mol. The lowest BCUT2D eigenvalue weighted by Gasteiger charge is -2.26.